The van der Waals surface area contributed by atoms with Crippen LogP contribution in [0.25, 0.3) is 0 Å². The minimum Gasteiger partial charge on any atom is -0.317 e. The fourth-order valence-corrected chi connectivity index (χ4v) is 2.88. The quantitative estimate of drug-likeness (QED) is 0.654. The van der Waals surface area contributed by atoms with E-state index in [1.807, 2.05) is 0 Å². The highest BCUT2D eigenvalue weighted by Crippen LogP contribution is 2.28. The van der Waals surface area contributed by atoms with Gasteiger partial charge in [-0.1, -0.05) is 46.9 Å². The summed E-state index contributed by atoms with van der Waals surface area (Å²) < 4.78 is 1.14. The Kier molecular flexibility index (Phi) is 3.81. The number of hydrogen-bond acceptors (Lipinski definition) is 1. The molecule has 1 aliphatic heterocycles. The van der Waals surface area contributed by atoms with Gasteiger partial charge < -0.3 is 5.32 Å². The van der Waals surface area contributed by atoms with Crippen molar-refractivity contribution in [1.82, 2.24) is 5.32 Å². The molecule has 1 heterocycles. The smallest absolute Gasteiger partial charge is 0.0249 e. The molecular formula is C12H16IN. The topological polar surface area (TPSA) is 12.0 Å². The van der Waals surface area contributed by atoms with Crippen LogP contribution >= 0.6 is 22.6 Å². The molecule has 2 heteroatoms. The first kappa shape index (κ1) is 10.4. The van der Waals surface area contributed by atoms with Gasteiger partial charge in [0.25, 0.3) is 0 Å². The maximum absolute atomic E-state index is 3.42. The monoisotopic (exact) mass is 301 g/mol. The molecule has 1 aromatic carbocycles. The molecule has 76 valence electrons. The summed E-state index contributed by atoms with van der Waals surface area (Å²) in [6, 6.07) is 8.90. The number of halogens is 1. The van der Waals surface area contributed by atoms with Gasteiger partial charge in [-0.25, -0.2) is 0 Å². The highest BCUT2D eigenvalue weighted by Gasteiger charge is 2.16. The summed E-state index contributed by atoms with van der Waals surface area (Å²) in [6.45, 7) is 2.36. The Morgan fingerprint density at radius 1 is 1.21 bits per heavy atom. The number of alkyl halides is 1. The van der Waals surface area contributed by atoms with Crippen LogP contribution in [-0.2, 0) is 4.43 Å². The zero-order valence-electron chi connectivity index (χ0n) is 8.30. The predicted octanol–water partition coefficient (Wildman–Crippen LogP) is 3.09. The molecule has 1 aromatic rings. The van der Waals surface area contributed by atoms with E-state index in [-0.39, 0.29) is 0 Å². The van der Waals surface area contributed by atoms with Gasteiger partial charge in [0.1, 0.15) is 0 Å². The van der Waals surface area contributed by atoms with Crippen LogP contribution in [0.2, 0.25) is 0 Å². The average Bonchev–Trinajstić information content (AvgIpc) is 2.30. The van der Waals surface area contributed by atoms with Crippen molar-refractivity contribution in [3.05, 3.63) is 35.4 Å². The van der Waals surface area contributed by atoms with Gasteiger partial charge in [-0.3, -0.25) is 0 Å². The lowest BCUT2D eigenvalue weighted by molar-refractivity contribution is 0.459. The predicted molar refractivity (Wildman–Crippen MR) is 69.0 cm³/mol. The van der Waals surface area contributed by atoms with Crippen LogP contribution < -0.4 is 5.32 Å². The second-order valence-electron chi connectivity index (χ2n) is 3.86. The lowest BCUT2D eigenvalue weighted by Crippen LogP contribution is -2.27. The number of piperidine rings is 1. The molecule has 0 atom stereocenters. The number of benzene rings is 1. The summed E-state index contributed by atoms with van der Waals surface area (Å²) in [6.07, 6.45) is 2.60. The van der Waals surface area contributed by atoms with Crippen LogP contribution in [0.1, 0.15) is 29.9 Å². The summed E-state index contributed by atoms with van der Waals surface area (Å²) in [4.78, 5) is 0. The van der Waals surface area contributed by atoms with Crippen LogP contribution in [0, 0.1) is 0 Å². The van der Waals surface area contributed by atoms with Crippen molar-refractivity contribution in [3.63, 3.8) is 0 Å². The molecule has 0 bridgehead atoms. The third-order valence-corrected chi connectivity index (χ3v) is 3.80. The van der Waals surface area contributed by atoms with Gasteiger partial charge in [0.05, 0.1) is 0 Å². The molecule has 14 heavy (non-hydrogen) atoms. The van der Waals surface area contributed by atoms with E-state index in [4.69, 9.17) is 0 Å². The molecule has 1 nitrogen and oxygen atoms in total. The summed E-state index contributed by atoms with van der Waals surface area (Å²) in [5.41, 5.74) is 3.11. The van der Waals surface area contributed by atoms with Crippen molar-refractivity contribution in [2.45, 2.75) is 23.2 Å². The molecule has 0 aromatic heterocycles. The van der Waals surface area contributed by atoms with Gasteiger partial charge in [0, 0.05) is 4.43 Å². The van der Waals surface area contributed by atoms with E-state index in [2.05, 4.69) is 52.2 Å². The summed E-state index contributed by atoms with van der Waals surface area (Å²) in [5, 5.41) is 3.42. The van der Waals surface area contributed by atoms with Crippen molar-refractivity contribution in [1.29, 1.82) is 0 Å². The molecule has 2 rings (SSSR count). The molecule has 1 aliphatic rings. The lowest BCUT2D eigenvalue weighted by Gasteiger charge is -2.24. The van der Waals surface area contributed by atoms with Crippen molar-refractivity contribution in [2.75, 3.05) is 13.1 Å². The number of hydrogen-bond donors (Lipinski definition) is 1. The van der Waals surface area contributed by atoms with E-state index in [1.54, 1.807) is 5.56 Å². The molecule has 0 amide bonds. The van der Waals surface area contributed by atoms with Crippen LogP contribution in [0.5, 0.6) is 0 Å². The molecule has 1 N–H and O–H groups in total. The van der Waals surface area contributed by atoms with E-state index in [0.29, 0.717) is 0 Å². The van der Waals surface area contributed by atoms with Crippen molar-refractivity contribution in [3.8, 4) is 0 Å². The third kappa shape index (κ3) is 2.28. The largest absolute Gasteiger partial charge is 0.317 e. The minimum absolute atomic E-state index is 0.794. The normalized spacial score (nSPS) is 18.4. The first-order valence-corrected chi connectivity index (χ1v) is 6.79. The fourth-order valence-electron chi connectivity index (χ4n) is 2.19. The molecule has 1 fully saturated rings. The highest BCUT2D eigenvalue weighted by molar-refractivity contribution is 14.1. The molecule has 0 radical (unpaired) electrons. The van der Waals surface area contributed by atoms with Crippen molar-refractivity contribution < 1.29 is 0 Å². The van der Waals surface area contributed by atoms with Gasteiger partial charge in [-0.15, -0.1) is 0 Å². The molecule has 0 unspecified atom stereocenters. The zero-order chi connectivity index (χ0) is 9.80. The third-order valence-electron chi connectivity index (χ3n) is 2.98. The second kappa shape index (κ2) is 5.12. The van der Waals surface area contributed by atoms with Crippen LogP contribution in [0.15, 0.2) is 24.3 Å². The van der Waals surface area contributed by atoms with Gasteiger partial charge in [-0.05, 0) is 43.0 Å². The maximum atomic E-state index is 3.42. The average molecular weight is 301 g/mol. The fraction of sp³-hybridized carbons (Fsp3) is 0.500. The van der Waals surface area contributed by atoms with Crippen LogP contribution in [0.4, 0.5) is 0 Å². The van der Waals surface area contributed by atoms with E-state index in [0.717, 1.165) is 10.3 Å². The van der Waals surface area contributed by atoms with Gasteiger partial charge in [0.15, 0.2) is 0 Å². The second-order valence-corrected chi connectivity index (χ2v) is 4.62. The van der Waals surface area contributed by atoms with Crippen LogP contribution in [-0.4, -0.2) is 13.1 Å². The van der Waals surface area contributed by atoms with E-state index < -0.39 is 0 Å². The number of rotatable bonds is 2. The van der Waals surface area contributed by atoms with Gasteiger partial charge in [0.2, 0.25) is 0 Å². The van der Waals surface area contributed by atoms with Crippen molar-refractivity contribution in [2.24, 2.45) is 0 Å². The Hall–Kier alpha value is -0.0900. The summed E-state index contributed by atoms with van der Waals surface area (Å²) in [7, 11) is 0. The Morgan fingerprint density at radius 3 is 2.64 bits per heavy atom. The molecule has 0 saturated carbocycles. The molecule has 1 saturated heterocycles. The lowest BCUT2D eigenvalue weighted by atomic mass is 9.88. The van der Waals surface area contributed by atoms with Gasteiger partial charge in [-0.2, -0.15) is 0 Å². The number of nitrogens with one attached hydrogen (secondary N) is 1. The molecule has 0 spiro atoms. The zero-order valence-corrected chi connectivity index (χ0v) is 10.5. The standard InChI is InChI=1S/C12H16IN/c13-9-11-3-1-2-4-12(11)10-5-7-14-8-6-10/h1-4,10,14H,5-9H2. The van der Waals surface area contributed by atoms with E-state index in [1.165, 1.54) is 31.5 Å². The SMILES string of the molecule is ICc1ccccc1C1CCNCC1. The Labute approximate surface area is 99.4 Å². The molecular weight excluding hydrogens is 285 g/mol. The Balaban J connectivity index is 2.20. The van der Waals surface area contributed by atoms with E-state index >= 15 is 0 Å². The van der Waals surface area contributed by atoms with E-state index in [9.17, 15) is 0 Å². The van der Waals surface area contributed by atoms with Crippen molar-refractivity contribution >= 4 is 22.6 Å². The Bertz CT molecular complexity index is 292. The minimum atomic E-state index is 0.794. The first-order valence-electron chi connectivity index (χ1n) is 5.26. The summed E-state index contributed by atoms with van der Waals surface area (Å²) in [5.74, 6) is 0.794. The highest BCUT2D eigenvalue weighted by atomic mass is 127. The maximum Gasteiger partial charge on any atom is 0.0249 e. The Morgan fingerprint density at radius 2 is 1.93 bits per heavy atom. The molecule has 0 aliphatic carbocycles. The summed E-state index contributed by atoms with van der Waals surface area (Å²) >= 11 is 2.46. The van der Waals surface area contributed by atoms with Gasteiger partial charge >= 0.3 is 0 Å². The first-order chi connectivity index (χ1) is 6.92. The van der Waals surface area contributed by atoms with Crippen LogP contribution in [0.3, 0.4) is 0 Å².